The highest BCUT2D eigenvalue weighted by Gasteiger charge is 2.33. The largest absolute Gasteiger partial charge is 0.495 e. The minimum atomic E-state index is -3.91. The number of nitrogens with zero attached hydrogens (tertiary/aromatic N) is 2. The zero-order valence-corrected chi connectivity index (χ0v) is 26.7. The van der Waals surface area contributed by atoms with Crippen LogP contribution in [-0.4, -0.2) is 57.1 Å². The fraction of sp³-hybridized carbons (Fsp3) is 0.333. The van der Waals surface area contributed by atoms with Gasteiger partial charge in [0, 0.05) is 23.5 Å². The first-order valence-electron chi connectivity index (χ1n) is 13.1. The molecule has 8 nitrogen and oxygen atoms in total. The number of benzene rings is 3. The zero-order valence-electron chi connectivity index (χ0n) is 23.5. The lowest BCUT2D eigenvalue weighted by Gasteiger charge is -2.34. The Morgan fingerprint density at radius 3 is 2.29 bits per heavy atom. The molecule has 220 valence electrons. The third-order valence-corrected chi connectivity index (χ3v) is 8.55. The molecular weight excluding hydrogens is 630 g/mol. The van der Waals surface area contributed by atoms with Crippen molar-refractivity contribution in [3.63, 3.8) is 0 Å². The maximum atomic E-state index is 14.1. The van der Waals surface area contributed by atoms with Crippen molar-refractivity contribution >= 4 is 55.1 Å². The molecule has 3 aromatic rings. The Morgan fingerprint density at radius 1 is 1.02 bits per heavy atom. The van der Waals surface area contributed by atoms with E-state index in [1.54, 1.807) is 0 Å². The van der Waals surface area contributed by atoms with Crippen LogP contribution in [0.2, 0.25) is 5.02 Å². The van der Waals surface area contributed by atoms with Gasteiger partial charge in [-0.2, -0.15) is 0 Å². The van der Waals surface area contributed by atoms with Gasteiger partial charge in [-0.15, -0.1) is 0 Å². The van der Waals surface area contributed by atoms with Gasteiger partial charge in [-0.25, -0.2) is 8.42 Å². The van der Waals surface area contributed by atoms with Crippen molar-refractivity contribution in [2.75, 3.05) is 24.2 Å². The molecule has 0 spiro atoms. The molecule has 0 saturated heterocycles. The van der Waals surface area contributed by atoms with Crippen LogP contribution in [0, 0.1) is 0 Å². The van der Waals surface area contributed by atoms with Crippen molar-refractivity contribution in [2.45, 2.75) is 45.3 Å². The van der Waals surface area contributed by atoms with Gasteiger partial charge in [-0.05, 0) is 54.8 Å². The molecule has 0 aliphatic heterocycles. The predicted octanol–water partition coefficient (Wildman–Crippen LogP) is 5.43. The molecule has 0 bridgehead atoms. The number of carbonyl (C=O) groups is 2. The summed E-state index contributed by atoms with van der Waals surface area (Å²) in [6.07, 6.45) is 1.98. The predicted molar refractivity (Wildman–Crippen MR) is 167 cm³/mol. The van der Waals surface area contributed by atoms with Crippen LogP contribution >= 0.6 is 27.5 Å². The number of halogens is 2. The molecule has 0 aromatic heterocycles. The average molecular weight is 665 g/mol. The van der Waals surface area contributed by atoms with E-state index in [1.807, 2.05) is 68.4 Å². The van der Waals surface area contributed by atoms with Crippen LogP contribution in [0.3, 0.4) is 0 Å². The first kappa shape index (κ1) is 32.4. The molecule has 0 aliphatic carbocycles. The van der Waals surface area contributed by atoms with Crippen LogP contribution < -0.4 is 14.4 Å². The molecule has 0 saturated carbocycles. The number of rotatable bonds is 13. The Balaban J connectivity index is 2.07. The third-order valence-electron chi connectivity index (χ3n) is 6.62. The van der Waals surface area contributed by atoms with Gasteiger partial charge in [0.25, 0.3) is 0 Å². The summed E-state index contributed by atoms with van der Waals surface area (Å²) < 4.78 is 32.9. The lowest BCUT2D eigenvalue weighted by atomic mass is 10.0. The highest BCUT2D eigenvalue weighted by molar-refractivity contribution is 9.10. The molecular formula is C30H35BrClN3O5S. The summed E-state index contributed by atoms with van der Waals surface area (Å²) in [6.45, 7) is 3.42. The summed E-state index contributed by atoms with van der Waals surface area (Å²) >= 11 is 9.76. The van der Waals surface area contributed by atoms with Crippen LogP contribution in [0.4, 0.5) is 5.69 Å². The SMILES string of the molecule is CCC(C)NC(=O)C(Cc1ccccc1)N(Cc1cccc(Br)c1)C(=O)CN(c1ccc(OC)c(Cl)c1)S(C)(=O)=O. The second kappa shape index (κ2) is 14.7. The van der Waals surface area contributed by atoms with Gasteiger partial charge in [-0.1, -0.05) is 76.9 Å². The lowest BCUT2D eigenvalue weighted by molar-refractivity contribution is -0.140. The number of nitrogens with one attached hydrogen (secondary N) is 1. The normalized spacial score (nSPS) is 12.7. The van der Waals surface area contributed by atoms with Gasteiger partial charge < -0.3 is 15.0 Å². The number of ether oxygens (including phenoxy) is 1. The Labute approximate surface area is 255 Å². The fourth-order valence-corrected chi connectivity index (χ4v) is 5.79. The number of anilines is 1. The van der Waals surface area contributed by atoms with Gasteiger partial charge in [0.2, 0.25) is 21.8 Å². The van der Waals surface area contributed by atoms with Crippen LogP contribution in [0.1, 0.15) is 31.4 Å². The van der Waals surface area contributed by atoms with Gasteiger partial charge in [0.1, 0.15) is 18.3 Å². The van der Waals surface area contributed by atoms with Gasteiger partial charge in [-0.3, -0.25) is 13.9 Å². The number of hydrogen-bond donors (Lipinski definition) is 1. The number of sulfonamides is 1. The monoisotopic (exact) mass is 663 g/mol. The summed E-state index contributed by atoms with van der Waals surface area (Å²) in [7, 11) is -2.46. The number of hydrogen-bond acceptors (Lipinski definition) is 5. The van der Waals surface area contributed by atoms with Crippen molar-refractivity contribution in [3.8, 4) is 5.75 Å². The number of methoxy groups -OCH3 is 1. The Kier molecular flexibility index (Phi) is 11.6. The van der Waals surface area contributed by atoms with E-state index in [0.29, 0.717) is 12.2 Å². The molecule has 2 amide bonds. The Hall–Kier alpha value is -3.08. The highest BCUT2D eigenvalue weighted by Crippen LogP contribution is 2.30. The molecule has 0 heterocycles. The van der Waals surface area contributed by atoms with Crippen LogP contribution in [-0.2, 0) is 32.6 Å². The second-order valence-electron chi connectivity index (χ2n) is 9.76. The summed E-state index contributed by atoms with van der Waals surface area (Å²) in [5.74, 6) is -0.483. The van der Waals surface area contributed by atoms with E-state index in [1.165, 1.54) is 30.2 Å². The minimum Gasteiger partial charge on any atom is -0.495 e. The van der Waals surface area contributed by atoms with Crippen molar-refractivity contribution in [1.82, 2.24) is 10.2 Å². The lowest BCUT2D eigenvalue weighted by Crippen LogP contribution is -2.54. The smallest absolute Gasteiger partial charge is 0.244 e. The van der Waals surface area contributed by atoms with Crippen LogP contribution in [0.5, 0.6) is 5.75 Å². The Bertz CT molecular complexity index is 1460. The molecule has 3 rings (SSSR count). The van der Waals surface area contributed by atoms with Crippen molar-refractivity contribution in [3.05, 3.63) is 93.4 Å². The van der Waals surface area contributed by atoms with E-state index in [9.17, 15) is 18.0 Å². The summed E-state index contributed by atoms with van der Waals surface area (Å²) in [6, 6.07) is 20.3. The van der Waals surface area contributed by atoms with E-state index >= 15 is 0 Å². The molecule has 0 fully saturated rings. The topological polar surface area (TPSA) is 96.0 Å². The van der Waals surface area contributed by atoms with Gasteiger partial charge >= 0.3 is 0 Å². The number of carbonyl (C=O) groups excluding carboxylic acids is 2. The quantitative estimate of drug-likeness (QED) is 0.263. The molecule has 2 atom stereocenters. The van der Waals surface area contributed by atoms with Crippen LogP contribution in [0.15, 0.2) is 77.3 Å². The molecule has 41 heavy (non-hydrogen) atoms. The maximum Gasteiger partial charge on any atom is 0.244 e. The van der Waals surface area contributed by atoms with E-state index in [0.717, 1.165) is 26.2 Å². The van der Waals surface area contributed by atoms with E-state index < -0.39 is 28.5 Å². The summed E-state index contributed by atoms with van der Waals surface area (Å²) in [5, 5.41) is 3.21. The van der Waals surface area contributed by atoms with E-state index in [2.05, 4.69) is 21.2 Å². The first-order chi connectivity index (χ1) is 19.4. The average Bonchev–Trinajstić information content (AvgIpc) is 2.93. The minimum absolute atomic E-state index is 0.0880. The molecule has 11 heteroatoms. The summed E-state index contributed by atoms with van der Waals surface area (Å²) in [5.41, 5.74) is 1.85. The van der Waals surface area contributed by atoms with Gasteiger partial charge in [0.05, 0.1) is 24.1 Å². The summed E-state index contributed by atoms with van der Waals surface area (Å²) in [4.78, 5) is 29.3. The zero-order chi connectivity index (χ0) is 30.2. The Morgan fingerprint density at radius 2 is 1.71 bits per heavy atom. The second-order valence-corrected chi connectivity index (χ2v) is 13.0. The van der Waals surface area contributed by atoms with Crippen molar-refractivity contribution in [2.24, 2.45) is 0 Å². The maximum absolute atomic E-state index is 14.1. The number of amides is 2. The first-order valence-corrected chi connectivity index (χ1v) is 16.1. The highest BCUT2D eigenvalue weighted by atomic mass is 79.9. The molecule has 0 aliphatic rings. The molecule has 3 aromatic carbocycles. The van der Waals surface area contributed by atoms with Gasteiger partial charge in [0.15, 0.2) is 0 Å². The van der Waals surface area contributed by atoms with E-state index in [-0.39, 0.29) is 35.6 Å². The van der Waals surface area contributed by atoms with Crippen molar-refractivity contribution in [1.29, 1.82) is 0 Å². The van der Waals surface area contributed by atoms with Crippen molar-refractivity contribution < 1.29 is 22.7 Å². The third kappa shape index (κ3) is 9.21. The molecule has 1 N–H and O–H groups in total. The molecule has 2 unspecified atom stereocenters. The fourth-order valence-electron chi connectivity index (χ4n) is 4.25. The molecule has 0 radical (unpaired) electrons. The standard InChI is InChI=1S/C30H35BrClN3O5S/c1-5-21(2)33-30(37)27(17-22-10-7-6-8-11-22)34(19-23-12-9-13-24(31)16-23)29(36)20-35(41(4,38)39)25-14-15-28(40-3)26(32)18-25/h6-16,18,21,27H,5,17,19-20H2,1-4H3,(H,33,37). The van der Waals surface area contributed by atoms with E-state index in [4.69, 9.17) is 16.3 Å². The van der Waals surface area contributed by atoms with Crippen LogP contribution in [0.25, 0.3) is 0 Å².